The number of hydrogen-bond acceptors (Lipinski definition) is 4. The lowest BCUT2D eigenvalue weighted by molar-refractivity contribution is -0.132. The van der Waals surface area contributed by atoms with Crippen LogP contribution in [0.2, 0.25) is 0 Å². The molecule has 0 heterocycles. The molecule has 0 bridgehead atoms. The van der Waals surface area contributed by atoms with Crippen LogP contribution >= 0.6 is 0 Å². The quantitative estimate of drug-likeness (QED) is 0.549. The average Bonchev–Trinajstić information content (AvgIpc) is 2.69. The first-order valence-electron chi connectivity index (χ1n) is 10.1. The zero-order valence-corrected chi connectivity index (χ0v) is 18.3. The van der Waals surface area contributed by atoms with Gasteiger partial charge < -0.3 is 9.47 Å². The van der Waals surface area contributed by atoms with Crippen molar-refractivity contribution in [2.75, 3.05) is 20.8 Å². The molecule has 0 aromatic rings. The van der Waals surface area contributed by atoms with Crippen LogP contribution in [0.4, 0.5) is 0 Å². The highest BCUT2D eigenvalue weighted by Crippen LogP contribution is 2.30. The molecule has 0 spiro atoms. The Morgan fingerprint density at radius 1 is 1.07 bits per heavy atom. The van der Waals surface area contributed by atoms with Gasteiger partial charge in [-0.25, -0.2) is 0 Å². The van der Waals surface area contributed by atoms with Gasteiger partial charge in [-0.05, 0) is 37.8 Å². The van der Waals surface area contributed by atoms with Crippen molar-refractivity contribution in [3.8, 4) is 0 Å². The van der Waals surface area contributed by atoms with E-state index in [1.807, 2.05) is 64.2 Å². The monoisotopic (exact) mass is 388 g/mol. The van der Waals surface area contributed by atoms with Crippen LogP contribution in [0.5, 0.6) is 0 Å². The standard InChI is InChI=1S/2C12H18O2/c1-10(2)11(13)12(9-14-3)7-5-4-6-8-12;1-4-7-11(13)12(14-3)9-6-5-8-10(12)2/h5-8,10H,4,9H2,1-3H3;6,8-9H,4-5,7H2,1-3H3. The van der Waals surface area contributed by atoms with E-state index in [-0.39, 0.29) is 17.5 Å². The zero-order chi connectivity index (χ0) is 21.2. The number of ketones is 2. The summed E-state index contributed by atoms with van der Waals surface area (Å²) in [6.07, 6.45) is 17.2. The Labute approximate surface area is 170 Å². The van der Waals surface area contributed by atoms with Crippen LogP contribution in [0.1, 0.15) is 53.4 Å². The summed E-state index contributed by atoms with van der Waals surface area (Å²) in [7, 11) is 3.23. The summed E-state index contributed by atoms with van der Waals surface area (Å²) in [5.74, 6) is 0.427. The highest BCUT2D eigenvalue weighted by Gasteiger charge is 2.37. The highest BCUT2D eigenvalue weighted by molar-refractivity contribution is 5.93. The van der Waals surface area contributed by atoms with E-state index >= 15 is 0 Å². The molecule has 1 atom stereocenters. The smallest absolute Gasteiger partial charge is 0.172 e. The second kappa shape index (κ2) is 11.3. The van der Waals surface area contributed by atoms with Gasteiger partial charge in [0.05, 0.1) is 12.0 Å². The summed E-state index contributed by atoms with van der Waals surface area (Å²) in [5, 5.41) is 0. The summed E-state index contributed by atoms with van der Waals surface area (Å²) in [5.41, 5.74) is -0.268. The summed E-state index contributed by atoms with van der Waals surface area (Å²) >= 11 is 0. The molecule has 0 N–H and O–H groups in total. The minimum atomic E-state index is -0.770. The van der Waals surface area contributed by atoms with Gasteiger partial charge in [0.2, 0.25) is 0 Å². The molecule has 1 unspecified atom stereocenters. The van der Waals surface area contributed by atoms with Crippen molar-refractivity contribution in [3.63, 3.8) is 0 Å². The number of methoxy groups -OCH3 is 2. The fraction of sp³-hybridized carbons (Fsp3) is 0.583. The average molecular weight is 389 g/mol. The number of carbonyl (C=O) groups is 2. The number of hydrogen-bond donors (Lipinski definition) is 0. The fourth-order valence-corrected chi connectivity index (χ4v) is 3.63. The van der Waals surface area contributed by atoms with E-state index in [2.05, 4.69) is 6.08 Å². The molecule has 0 aliphatic heterocycles. The first-order chi connectivity index (χ1) is 13.3. The normalized spacial score (nSPS) is 22.5. The van der Waals surface area contributed by atoms with Crippen molar-refractivity contribution in [1.82, 2.24) is 0 Å². The summed E-state index contributed by atoms with van der Waals surface area (Å²) in [4.78, 5) is 24.0. The van der Waals surface area contributed by atoms with Gasteiger partial charge in [0.25, 0.3) is 0 Å². The van der Waals surface area contributed by atoms with E-state index in [0.29, 0.717) is 13.0 Å². The molecule has 0 saturated heterocycles. The third kappa shape index (κ3) is 5.62. The number of allylic oxidation sites excluding steroid dienone is 4. The topological polar surface area (TPSA) is 52.6 Å². The molecule has 156 valence electrons. The van der Waals surface area contributed by atoms with Crippen molar-refractivity contribution in [3.05, 3.63) is 48.1 Å². The molecule has 0 aromatic heterocycles. The van der Waals surface area contributed by atoms with Crippen LogP contribution in [-0.2, 0) is 19.1 Å². The predicted octanol–water partition coefficient (Wildman–Crippen LogP) is 5.01. The molecular weight excluding hydrogens is 352 g/mol. The van der Waals surface area contributed by atoms with E-state index in [1.54, 1.807) is 14.2 Å². The molecule has 2 aliphatic rings. The van der Waals surface area contributed by atoms with Crippen molar-refractivity contribution in [2.24, 2.45) is 11.3 Å². The second-order valence-electron chi connectivity index (χ2n) is 7.67. The molecular formula is C24H36O4. The Hall–Kier alpha value is -1.78. The minimum absolute atomic E-state index is 0.0394. The maximum atomic E-state index is 12.0. The maximum Gasteiger partial charge on any atom is 0.172 e. The molecule has 2 rings (SSSR count). The molecule has 28 heavy (non-hydrogen) atoms. The van der Waals surface area contributed by atoms with Crippen molar-refractivity contribution in [2.45, 2.75) is 59.0 Å². The Kier molecular flexibility index (Phi) is 9.77. The largest absolute Gasteiger partial charge is 0.383 e. The Bertz CT molecular complexity index is 640. The molecule has 0 saturated carbocycles. The van der Waals surface area contributed by atoms with Gasteiger partial charge in [0.15, 0.2) is 17.2 Å². The number of carbonyl (C=O) groups excluding carboxylic acids is 2. The van der Waals surface area contributed by atoms with E-state index in [4.69, 9.17) is 9.47 Å². The number of ether oxygens (including phenoxy) is 2. The molecule has 4 heteroatoms. The van der Waals surface area contributed by atoms with Gasteiger partial charge in [-0.2, -0.15) is 0 Å². The van der Waals surface area contributed by atoms with Crippen LogP contribution in [0, 0.1) is 11.3 Å². The van der Waals surface area contributed by atoms with E-state index in [0.717, 1.165) is 24.8 Å². The fourth-order valence-electron chi connectivity index (χ4n) is 3.63. The van der Waals surface area contributed by atoms with Crippen LogP contribution in [0.25, 0.3) is 0 Å². The lowest BCUT2D eigenvalue weighted by Gasteiger charge is -2.31. The lowest BCUT2D eigenvalue weighted by Crippen LogP contribution is -2.40. The first-order valence-corrected chi connectivity index (χ1v) is 10.1. The maximum absolute atomic E-state index is 12.0. The van der Waals surface area contributed by atoms with Gasteiger partial charge in [0, 0.05) is 26.6 Å². The van der Waals surface area contributed by atoms with Crippen LogP contribution in [-0.4, -0.2) is 38.0 Å². The molecule has 0 aromatic carbocycles. The highest BCUT2D eigenvalue weighted by atomic mass is 16.5. The van der Waals surface area contributed by atoms with Crippen molar-refractivity contribution >= 4 is 11.6 Å². The lowest BCUT2D eigenvalue weighted by atomic mass is 9.77. The van der Waals surface area contributed by atoms with Gasteiger partial charge in [-0.15, -0.1) is 0 Å². The van der Waals surface area contributed by atoms with Gasteiger partial charge in [-0.1, -0.05) is 57.2 Å². The Balaban J connectivity index is 0.000000280. The first kappa shape index (κ1) is 24.3. The minimum Gasteiger partial charge on any atom is -0.383 e. The summed E-state index contributed by atoms with van der Waals surface area (Å²) in [6, 6.07) is 0. The van der Waals surface area contributed by atoms with E-state index in [1.165, 1.54) is 0 Å². The third-order valence-corrected chi connectivity index (χ3v) is 5.18. The zero-order valence-electron chi connectivity index (χ0n) is 18.3. The van der Waals surface area contributed by atoms with Gasteiger partial charge in [0.1, 0.15) is 0 Å². The van der Waals surface area contributed by atoms with E-state index in [9.17, 15) is 9.59 Å². The second-order valence-corrected chi connectivity index (χ2v) is 7.67. The SMILES string of the molecule is CCCC(=O)C1(OC)C=CCC=C1C.COCC1(C(=O)C(C)C)C=CCC=C1. The third-order valence-electron chi connectivity index (χ3n) is 5.18. The van der Waals surface area contributed by atoms with Crippen LogP contribution in [0.15, 0.2) is 48.1 Å². The van der Waals surface area contributed by atoms with Crippen molar-refractivity contribution < 1.29 is 19.1 Å². The van der Waals surface area contributed by atoms with Gasteiger partial charge in [-0.3, -0.25) is 9.59 Å². The molecule has 0 radical (unpaired) electrons. The van der Waals surface area contributed by atoms with Crippen molar-refractivity contribution in [1.29, 1.82) is 0 Å². The Morgan fingerprint density at radius 3 is 2.14 bits per heavy atom. The predicted molar refractivity (Wildman–Crippen MR) is 114 cm³/mol. The summed E-state index contributed by atoms with van der Waals surface area (Å²) in [6.45, 7) is 8.26. The number of rotatable bonds is 8. The van der Waals surface area contributed by atoms with Crippen LogP contribution in [0.3, 0.4) is 0 Å². The molecule has 2 aliphatic carbocycles. The molecule has 4 nitrogen and oxygen atoms in total. The molecule has 0 fully saturated rings. The van der Waals surface area contributed by atoms with Gasteiger partial charge >= 0.3 is 0 Å². The Morgan fingerprint density at radius 2 is 1.68 bits per heavy atom. The number of Topliss-reactive ketones (excluding diaryl/α,β-unsaturated/α-hetero) is 2. The molecule has 0 amide bonds. The van der Waals surface area contributed by atoms with Crippen LogP contribution < -0.4 is 0 Å². The summed E-state index contributed by atoms with van der Waals surface area (Å²) < 4.78 is 10.5. The van der Waals surface area contributed by atoms with E-state index < -0.39 is 11.0 Å².